The fraction of sp³-hybridized carbons (Fsp3) is 0.333. The molecule has 1 aliphatic heterocycles. The van der Waals surface area contributed by atoms with Gasteiger partial charge in [0, 0.05) is 54.4 Å². The molecule has 0 bridgehead atoms. The van der Waals surface area contributed by atoms with Gasteiger partial charge in [-0.15, -0.1) is 11.3 Å². The van der Waals surface area contributed by atoms with Gasteiger partial charge in [-0.2, -0.15) is 0 Å². The van der Waals surface area contributed by atoms with E-state index in [0.29, 0.717) is 5.02 Å². The highest BCUT2D eigenvalue weighted by molar-refractivity contribution is 7.13. The number of nitrogens with one attached hydrogen (secondary N) is 1. The Balaban J connectivity index is 1.39. The van der Waals surface area contributed by atoms with Crippen LogP contribution in [-0.2, 0) is 17.8 Å². The van der Waals surface area contributed by atoms with Crippen LogP contribution in [-0.4, -0.2) is 53.9 Å². The van der Waals surface area contributed by atoms with Crippen LogP contribution in [0.4, 0.5) is 5.69 Å². The zero-order valence-electron chi connectivity index (χ0n) is 17.9. The molecule has 3 aromatic rings. The van der Waals surface area contributed by atoms with Crippen molar-refractivity contribution in [3.05, 3.63) is 69.7 Å². The van der Waals surface area contributed by atoms with E-state index >= 15 is 0 Å². The lowest BCUT2D eigenvalue weighted by molar-refractivity contribution is -0.115. The van der Waals surface area contributed by atoms with Gasteiger partial charge in [0.15, 0.2) is 0 Å². The molecule has 1 amide bonds. The third kappa shape index (κ3) is 5.71. The molecule has 7 heteroatoms. The zero-order chi connectivity index (χ0) is 21.8. The Morgan fingerprint density at radius 2 is 1.94 bits per heavy atom. The molecule has 0 spiro atoms. The van der Waals surface area contributed by atoms with E-state index in [0.717, 1.165) is 60.2 Å². The van der Waals surface area contributed by atoms with Crippen molar-refractivity contribution in [3.8, 4) is 10.6 Å². The number of hydrogen-bond acceptors (Lipinski definition) is 5. The molecule has 1 N–H and O–H groups in total. The Kier molecular flexibility index (Phi) is 7.02. The van der Waals surface area contributed by atoms with Crippen LogP contribution < -0.4 is 5.32 Å². The van der Waals surface area contributed by atoms with Crippen molar-refractivity contribution in [2.75, 3.05) is 38.5 Å². The topological polar surface area (TPSA) is 48.5 Å². The van der Waals surface area contributed by atoms with Gasteiger partial charge >= 0.3 is 0 Å². The summed E-state index contributed by atoms with van der Waals surface area (Å²) >= 11 is 7.72. The van der Waals surface area contributed by atoms with Gasteiger partial charge in [-0.3, -0.25) is 9.69 Å². The van der Waals surface area contributed by atoms with Gasteiger partial charge in [0.1, 0.15) is 5.01 Å². The highest BCUT2D eigenvalue weighted by atomic mass is 35.5. The van der Waals surface area contributed by atoms with Crippen LogP contribution in [0.25, 0.3) is 10.6 Å². The fourth-order valence-corrected chi connectivity index (χ4v) is 4.68. The van der Waals surface area contributed by atoms with Gasteiger partial charge in [0.05, 0.1) is 12.1 Å². The van der Waals surface area contributed by atoms with E-state index < -0.39 is 0 Å². The molecule has 2 aromatic carbocycles. The second-order valence-electron chi connectivity index (χ2n) is 8.06. The van der Waals surface area contributed by atoms with Gasteiger partial charge in [-0.05, 0) is 43.3 Å². The highest BCUT2D eigenvalue weighted by Crippen LogP contribution is 2.26. The molecule has 5 nitrogen and oxygen atoms in total. The van der Waals surface area contributed by atoms with Crippen LogP contribution in [0.5, 0.6) is 0 Å². The number of carbonyl (C=O) groups is 1. The van der Waals surface area contributed by atoms with Crippen molar-refractivity contribution in [2.24, 2.45) is 0 Å². The number of amides is 1. The van der Waals surface area contributed by atoms with Crippen LogP contribution in [0.2, 0.25) is 5.02 Å². The summed E-state index contributed by atoms with van der Waals surface area (Å²) in [6.45, 7) is 7.29. The van der Waals surface area contributed by atoms with E-state index in [1.54, 1.807) is 11.3 Å². The van der Waals surface area contributed by atoms with Crippen molar-refractivity contribution in [1.29, 1.82) is 0 Å². The third-order valence-corrected chi connectivity index (χ3v) is 6.96. The van der Waals surface area contributed by atoms with Crippen molar-refractivity contribution < 1.29 is 4.79 Å². The lowest BCUT2D eigenvalue weighted by Crippen LogP contribution is -2.43. The molecule has 162 valence electrons. The summed E-state index contributed by atoms with van der Waals surface area (Å²) in [4.78, 5) is 22.1. The van der Waals surface area contributed by atoms with Gasteiger partial charge in [0.25, 0.3) is 0 Å². The Hall–Kier alpha value is -2.25. The summed E-state index contributed by atoms with van der Waals surface area (Å²) in [6.07, 6.45) is 0.240. The number of rotatable bonds is 6. The monoisotopic (exact) mass is 454 g/mol. The van der Waals surface area contributed by atoms with Gasteiger partial charge in [-0.25, -0.2) is 4.98 Å². The van der Waals surface area contributed by atoms with Crippen LogP contribution >= 0.6 is 22.9 Å². The van der Waals surface area contributed by atoms with E-state index in [9.17, 15) is 4.79 Å². The number of halogens is 1. The second-order valence-corrected chi connectivity index (χ2v) is 9.33. The highest BCUT2D eigenvalue weighted by Gasteiger charge is 2.15. The summed E-state index contributed by atoms with van der Waals surface area (Å²) in [6, 6.07) is 14.1. The zero-order valence-corrected chi connectivity index (χ0v) is 19.5. The molecule has 4 rings (SSSR count). The number of aromatic nitrogens is 1. The van der Waals surface area contributed by atoms with Gasteiger partial charge in [0.2, 0.25) is 5.91 Å². The summed E-state index contributed by atoms with van der Waals surface area (Å²) in [5.41, 5.74) is 4.79. The van der Waals surface area contributed by atoms with Crippen LogP contribution in [0, 0.1) is 6.92 Å². The Bertz CT molecular complexity index is 1060. The first-order valence-corrected chi connectivity index (χ1v) is 11.7. The minimum Gasteiger partial charge on any atom is -0.325 e. The van der Waals surface area contributed by atoms with Crippen molar-refractivity contribution in [3.63, 3.8) is 0 Å². The molecule has 31 heavy (non-hydrogen) atoms. The smallest absolute Gasteiger partial charge is 0.230 e. The second kappa shape index (κ2) is 9.92. The maximum absolute atomic E-state index is 12.5. The Morgan fingerprint density at radius 3 is 2.74 bits per heavy atom. The molecule has 0 radical (unpaired) electrons. The van der Waals surface area contributed by atoms with Gasteiger partial charge in [-0.1, -0.05) is 35.9 Å². The molecule has 1 aromatic heterocycles. The number of nitrogens with zero attached hydrogens (tertiary/aromatic N) is 3. The normalized spacial score (nSPS) is 15.2. The summed E-state index contributed by atoms with van der Waals surface area (Å²) in [5, 5.41) is 6.49. The first kappa shape index (κ1) is 22.0. The SMILES string of the molecule is Cc1c(Cl)cccc1NC(=O)Cc1csc(-c2cccc(CN3CCN(C)CC3)c2)n1. The average molecular weight is 455 g/mol. The standard InChI is InChI=1S/C24H27ClN4OS/c1-17-21(25)7-4-8-22(17)27-23(30)14-20-16-31-24(26-20)19-6-3-5-18(13-19)15-29-11-9-28(2)10-12-29/h3-8,13,16H,9-12,14-15H2,1-2H3,(H,27,30). The van der Waals surface area contributed by atoms with E-state index in [-0.39, 0.29) is 12.3 Å². The predicted molar refractivity (Wildman–Crippen MR) is 129 cm³/mol. The first-order chi connectivity index (χ1) is 15.0. The molecule has 0 aliphatic carbocycles. The summed E-state index contributed by atoms with van der Waals surface area (Å²) in [7, 11) is 2.18. The van der Waals surface area contributed by atoms with E-state index in [1.807, 2.05) is 30.5 Å². The number of anilines is 1. The molecule has 1 fully saturated rings. The van der Waals surface area contributed by atoms with Gasteiger partial charge < -0.3 is 10.2 Å². The predicted octanol–water partition coefficient (Wildman–Crippen LogP) is 4.70. The van der Waals surface area contributed by atoms with Crippen LogP contribution in [0.1, 0.15) is 16.8 Å². The van der Waals surface area contributed by atoms with Crippen LogP contribution in [0.15, 0.2) is 47.8 Å². The lowest BCUT2D eigenvalue weighted by Gasteiger charge is -2.32. The molecule has 2 heterocycles. The molecule has 0 saturated carbocycles. The molecule has 0 atom stereocenters. The van der Waals surface area contributed by atoms with E-state index in [2.05, 4.69) is 46.4 Å². The first-order valence-electron chi connectivity index (χ1n) is 10.5. The number of likely N-dealkylation sites (N-methyl/N-ethyl adjacent to an activating group) is 1. The van der Waals surface area contributed by atoms with Crippen molar-refractivity contribution >= 4 is 34.5 Å². The molecule has 0 unspecified atom stereocenters. The average Bonchev–Trinajstić information content (AvgIpc) is 3.22. The summed E-state index contributed by atoms with van der Waals surface area (Å²) < 4.78 is 0. The van der Waals surface area contributed by atoms with E-state index in [4.69, 9.17) is 16.6 Å². The summed E-state index contributed by atoms with van der Waals surface area (Å²) in [5.74, 6) is -0.0916. The number of hydrogen-bond donors (Lipinski definition) is 1. The third-order valence-electron chi connectivity index (χ3n) is 5.61. The minimum atomic E-state index is -0.0916. The molecular formula is C24H27ClN4OS. The minimum absolute atomic E-state index is 0.0916. The number of piperazine rings is 1. The molecule has 1 aliphatic rings. The Labute approximate surface area is 192 Å². The Morgan fingerprint density at radius 1 is 1.16 bits per heavy atom. The lowest BCUT2D eigenvalue weighted by atomic mass is 10.1. The van der Waals surface area contributed by atoms with E-state index in [1.165, 1.54) is 5.56 Å². The number of carbonyl (C=O) groups excluding carboxylic acids is 1. The number of benzene rings is 2. The molecule has 1 saturated heterocycles. The maximum atomic E-state index is 12.5. The maximum Gasteiger partial charge on any atom is 0.230 e. The van der Waals surface area contributed by atoms with Crippen molar-refractivity contribution in [2.45, 2.75) is 19.9 Å². The largest absolute Gasteiger partial charge is 0.325 e. The fourth-order valence-electron chi connectivity index (χ4n) is 3.69. The van der Waals surface area contributed by atoms with Crippen molar-refractivity contribution in [1.82, 2.24) is 14.8 Å². The number of thiazole rings is 1. The molecular weight excluding hydrogens is 428 g/mol. The van der Waals surface area contributed by atoms with Crippen LogP contribution in [0.3, 0.4) is 0 Å². The quantitative estimate of drug-likeness (QED) is 0.586.